The molecule has 0 spiro atoms. The van der Waals surface area contributed by atoms with E-state index < -0.39 is 0 Å². The van der Waals surface area contributed by atoms with Crippen LogP contribution < -0.4 is 15.4 Å². The molecule has 0 aliphatic carbocycles. The van der Waals surface area contributed by atoms with Crippen LogP contribution in [0.1, 0.15) is 41.9 Å². The lowest BCUT2D eigenvalue weighted by molar-refractivity contribution is 0.242. The van der Waals surface area contributed by atoms with Crippen LogP contribution in [0.4, 0.5) is 0 Å². The number of hydrogen-bond acceptors (Lipinski definition) is 4. The van der Waals surface area contributed by atoms with Crippen molar-refractivity contribution in [1.29, 1.82) is 0 Å². The lowest BCUT2D eigenvalue weighted by Gasteiger charge is -2.12. The second-order valence-corrected chi connectivity index (χ2v) is 7.71. The van der Waals surface area contributed by atoms with Gasteiger partial charge >= 0.3 is 0 Å². The summed E-state index contributed by atoms with van der Waals surface area (Å²) in [4.78, 5) is 10.4. The molecule has 0 saturated carbocycles. The van der Waals surface area contributed by atoms with Crippen molar-refractivity contribution >= 4 is 17.3 Å². The molecule has 6 heteroatoms. The molecule has 0 aliphatic heterocycles. The molecular weight excluding hydrogens is 344 g/mol. The molecule has 2 aromatic rings. The Morgan fingerprint density at radius 2 is 1.92 bits per heavy atom. The predicted octanol–water partition coefficient (Wildman–Crippen LogP) is 3.84. The smallest absolute Gasteiger partial charge is 0.191 e. The highest BCUT2D eigenvalue weighted by molar-refractivity contribution is 7.11. The van der Waals surface area contributed by atoms with E-state index in [1.807, 2.05) is 39.8 Å². The quantitative estimate of drug-likeness (QED) is 0.544. The summed E-state index contributed by atoms with van der Waals surface area (Å²) in [6.45, 7) is 12.6. The first-order chi connectivity index (χ1) is 12.5. The van der Waals surface area contributed by atoms with E-state index >= 15 is 0 Å². The van der Waals surface area contributed by atoms with Crippen LogP contribution >= 0.6 is 11.3 Å². The van der Waals surface area contributed by atoms with Crippen molar-refractivity contribution < 1.29 is 4.74 Å². The van der Waals surface area contributed by atoms with Crippen molar-refractivity contribution in [2.75, 3.05) is 13.1 Å². The Balaban J connectivity index is 1.85. The standard InChI is InChI=1S/C20H30N4OS/c1-6-21-20(23-13-19-15(4)24-16(5)26-19)22-12-11-17-7-9-18(10-8-17)25-14(2)3/h7-10,14H,6,11-13H2,1-5H3,(H2,21,22,23). The number of guanidine groups is 1. The van der Waals surface area contributed by atoms with Crippen molar-refractivity contribution in [3.63, 3.8) is 0 Å². The zero-order valence-electron chi connectivity index (χ0n) is 16.4. The minimum absolute atomic E-state index is 0.201. The highest BCUT2D eigenvalue weighted by Crippen LogP contribution is 2.18. The van der Waals surface area contributed by atoms with Gasteiger partial charge in [-0.2, -0.15) is 0 Å². The Morgan fingerprint density at radius 3 is 2.50 bits per heavy atom. The van der Waals surface area contributed by atoms with Gasteiger partial charge in [0.2, 0.25) is 0 Å². The fraction of sp³-hybridized carbons (Fsp3) is 0.500. The Morgan fingerprint density at radius 1 is 1.19 bits per heavy atom. The van der Waals surface area contributed by atoms with Crippen molar-refractivity contribution in [2.24, 2.45) is 4.99 Å². The molecule has 0 aliphatic rings. The van der Waals surface area contributed by atoms with Gasteiger partial charge < -0.3 is 15.4 Å². The topological polar surface area (TPSA) is 58.5 Å². The summed E-state index contributed by atoms with van der Waals surface area (Å²) in [7, 11) is 0. The first kappa shape index (κ1) is 20.2. The van der Waals surface area contributed by atoms with Gasteiger partial charge in [-0.25, -0.2) is 9.98 Å². The number of benzene rings is 1. The molecule has 1 heterocycles. The van der Waals surface area contributed by atoms with Crippen LogP contribution in [0.15, 0.2) is 29.3 Å². The number of aromatic nitrogens is 1. The fourth-order valence-electron chi connectivity index (χ4n) is 2.54. The average molecular weight is 375 g/mol. The summed E-state index contributed by atoms with van der Waals surface area (Å²) in [6, 6.07) is 8.30. The first-order valence-electron chi connectivity index (χ1n) is 9.18. The first-order valence-corrected chi connectivity index (χ1v) is 10.00. The van der Waals surface area contributed by atoms with Crippen LogP contribution in [0, 0.1) is 13.8 Å². The second kappa shape index (κ2) is 10.2. The van der Waals surface area contributed by atoms with E-state index in [1.54, 1.807) is 11.3 Å². The molecule has 0 fully saturated rings. The molecule has 5 nitrogen and oxygen atoms in total. The van der Waals surface area contributed by atoms with Gasteiger partial charge in [0.05, 0.1) is 23.4 Å². The largest absolute Gasteiger partial charge is 0.491 e. The summed E-state index contributed by atoms with van der Waals surface area (Å²) in [5.41, 5.74) is 2.36. The second-order valence-electron chi connectivity index (χ2n) is 6.42. The van der Waals surface area contributed by atoms with Crippen LogP contribution in [-0.2, 0) is 13.0 Å². The molecule has 142 valence electrons. The highest BCUT2D eigenvalue weighted by atomic mass is 32.1. The van der Waals surface area contributed by atoms with Crippen molar-refractivity contribution in [1.82, 2.24) is 15.6 Å². The summed E-state index contributed by atoms with van der Waals surface area (Å²) < 4.78 is 5.68. The Hall–Kier alpha value is -2.08. The molecule has 0 saturated heterocycles. The number of nitrogens with zero attached hydrogens (tertiary/aromatic N) is 2. The normalized spacial score (nSPS) is 11.7. The Bertz CT molecular complexity index is 707. The molecule has 1 aromatic carbocycles. The van der Waals surface area contributed by atoms with Crippen LogP contribution in [0.3, 0.4) is 0 Å². The molecule has 0 bridgehead atoms. The number of nitrogens with one attached hydrogen (secondary N) is 2. The van der Waals surface area contributed by atoms with Gasteiger partial charge in [0.15, 0.2) is 5.96 Å². The number of aryl methyl sites for hydroxylation is 2. The maximum atomic E-state index is 5.68. The highest BCUT2D eigenvalue weighted by Gasteiger charge is 2.05. The fourth-order valence-corrected chi connectivity index (χ4v) is 3.41. The molecule has 2 rings (SSSR count). The number of aliphatic imine (C=N–C) groups is 1. The van der Waals surface area contributed by atoms with Crippen LogP contribution in [0.2, 0.25) is 0 Å². The van der Waals surface area contributed by atoms with Crippen molar-refractivity contribution in [3.05, 3.63) is 45.4 Å². The van der Waals surface area contributed by atoms with Crippen LogP contribution in [0.25, 0.3) is 0 Å². The molecule has 0 unspecified atom stereocenters. The van der Waals surface area contributed by atoms with E-state index in [0.717, 1.165) is 41.9 Å². The molecule has 26 heavy (non-hydrogen) atoms. The van der Waals surface area contributed by atoms with Gasteiger partial charge in [-0.3, -0.25) is 0 Å². The summed E-state index contributed by atoms with van der Waals surface area (Å²) in [5, 5.41) is 7.80. The predicted molar refractivity (Wildman–Crippen MR) is 110 cm³/mol. The number of thiazole rings is 1. The third-order valence-corrected chi connectivity index (χ3v) is 4.78. The summed E-state index contributed by atoms with van der Waals surface area (Å²) in [6.07, 6.45) is 1.14. The Labute approximate surface area is 160 Å². The molecule has 0 atom stereocenters. The SMILES string of the molecule is CCNC(=NCc1sc(C)nc1C)NCCc1ccc(OC(C)C)cc1. The van der Waals surface area contributed by atoms with E-state index in [2.05, 4.69) is 39.7 Å². The molecular formula is C20H30N4OS. The van der Waals surface area contributed by atoms with E-state index in [0.29, 0.717) is 6.54 Å². The van der Waals surface area contributed by atoms with E-state index in [9.17, 15) is 0 Å². The van der Waals surface area contributed by atoms with Gasteiger partial charge in [0.1, 0.15) is 5.75 Å². The minimum Gasteiger partial charge on any atom is -0.491 e. The van der Waals surface area contributed by atoms with E-state index in [4.69, 9.17) is 4.74 Å². The number of rotatable bonds is 8. The van der Waals surface area contributed by atoms with Crippen molar-refractivity contribution in [3.8, 4) is 5.75 Å². The maximum absolute atomic E-state index is 5.68. The van der Waals surface area contributed by atoms with E-state index in [1.165, 1.54) is 10.4 Å². The summed E-state index contributed by atoms with van der Waals surface area (Å²) in [5.74, 6) is 1.76. The monoisotopic (exact) mass is 374 g/mol. The van der Waals surface area contributed by atoms with Gasteiger partial charge in [0.25, 0.3) is 0 Å². The molecule has 2 N–H and O–H groups in total. The van der Waals surface area contributed by atoms with Crippen LogP contribution in [0.5, 0.6) is 5.75 Å². The number of ether oxygens (including phenoxy) is 1. The third kappa shape index (κ3) is 6.67. The zero-order chi connectivity index (χ0) is 18.9. The number of hydrogen-bond donors (Lipinski definition) is 2. The zero-order valence-corrected chi connectivity index (χ0v) is 17.2. The van der Waals surface area contributed by atoms with Crippen LogP contribution in [-0.4, -0.2) is 30.1 Å². The third-order valence-electron chi connectivity index (χ3n) is 3.73. The van der Waals surface area contributed by atoms with Gasteiger partial charge in [-0.1, -0.05) is 12.1 Å². The molecule has 0 amide bonds. The maximum Gasteiger partial charge on any atom is 0.191 e. The van der Waals surface area contributed by atoms with Crippen molar-refractivity contribution in [2.45, 2.75) is 53.7 Å². The Kier molecular flexibility index (Phi) is 7.91. The lowest BCUT2D eigenvalue weighted by atomic mass is 10.1. The average Bonchev–Trinajstić information content (AvgIpc) is 2.91. The van der Waals surface area contributed by atoms with Gasteiger partial charge in [-0.05, 0) is 58.7 Å². The summed E-state index contributed by atoms with van der Waals surface area (Å²) >= 11 is 1.71. The van der Waals surface area contributed by atoms with Gasteiger partial charge in [0, 0.05) is 18.0 Å². The van der Waals surface area contributed by atoms with E-state index in [-0.39, 0.29) is 6.10 Å². The minimum atomic E-state index is 0.201. The molecule has 0 radical (unpaired) electrons. The molecule has 1 aromatic heterocycles. The van der Waals surface area contributed by atoms with Gasteiger partial charge in [-0.15, -0.1) is 11.3 Å². The lowest BCUT2D eigenvalue weighted by Crippen LogP contribution is -2.38.